The highest BCUT2D eigenvalue weighted by atomic mass is 35.5. The quantitative estimate of drug-likeness (QED) is 0.548. The monoisotopic (exact) mass is 348 g/mol. The molecule has 24 heavy (non-hydrogen) atoms. The molecule has 0 bridgehead atoms. The van der Waals surface area contributed by atoms with Crippen LogP contribution in [0.3, 0.4) is 0 Å². The molecule has 0 aliphatic carbocycles. The summed E-state index contributed by atoms with van der Waals surface area (Å²) in [7, 11) is 0. The fraction of sp³-hybridized carbons (Fsp3) is 0.0625. The van der Waals surface area contributed by atoms with Crippen LogP contribution in [0.25, 0.3) is 0 Å². The van der Waals surface area contributed by atoms with Crippen LogP contribution < -0.4 is 10.2 Å². The number of aromatic hydroxyl groups is 1. The van der Waals surface area contributed by atoms with E-state index < -0.39 is 18.5 Å². The predicted octanol–water partition coefficient (Wildman–Crippen LogP) is 2.27. The van der Waals surface area contributed by atoms with Gasteiger partial charge in [-0.2, -0.15) is 5.10 Å². The van der Waals surface area contributed by atoms with Gasteiger partial charge in [-0.25, -0.2) is 10.2 Å². The number of phenols is 1. The first-order valence-corrected chi connectivity index (χ1v) is 7.10. The second kappa shape index (κ2) is 7.98. The summed E-state index contributed by atoms with van der Waals surface area (Å²) in [5.74, 6) is -1.66. The number of para-hydroxylation sites is 1. The number of ether oxygens (including phenoxy) is 1. The Bertz CT molecular complexity index is 792. The normalized spacial score (nSPS) is 10.5. The van der Waals surface area contributed by atoms with Crippen LogP contribution >= 0.6 is 11.6 Å². The molecule has 0 aliphatic rings. The number of halogens is 1. The number of hydrogen-bond acceptors (Lipinski definition) is 5. The second-order valence-electron chi connectivity index (χ2n) is 4.58. The van der Waals surface area contributed by atoms with Gasteiger partial charge in [0.05, 0.1) is 11.8 Å². The maximum Gasteiger partial charge on any atom is 0.341 e. The van der Waals surface area contributed by atoms with Gasteiger partial charge < -0.3 is 14.9 Å². The van der Waals surface area contributed by atoms with E-state index in [0.717, 1.165) is 0 Å². The summed E-state index contributed by atoms with van der Waals surface area (Å²) in [6.45, 7) is -0.492. The number of hydrazone groups is 1. The molecule has 3 N–H and O–H groups in total. The number of carbonyl (C=O) groups is 2. The van der Waals surface area contributed by atoms with Gasteiger partial charge in [-0.05, 0) is 30.3 Å². The molecular weight excluding hydrogens is 336 g/mol. The Morgan fingerprint density at radius 1 is 1.25 bits per heavy atom. The third kappa shape index (κ3) is 4.72. The van der Waals surface area contributed by atoms with Crippen LogP contribution in [-0.2, 0) is 4.79 Å². The van der Waals surface area contributed by atoms with Crippen molar-refractivity contribution in [2.24, 2.45) is 5.10 Å². The highest BCUT2D eigenvalue weighted by Gasteiger charge is 2.11. The van der Waals surface area contributed by atoms with E-state index in [9.17, 15) is 14.7 Å². The lowest BCUT2D eigenvalue weighted by Gasteiger charge is -2.06. The summed E-state index contributed by atoms with van der Waals surface area (Å²) in [6.07, 6.45) is 1.30. The van der Waals surface area contributed by atoms with Crippen molar-refractivity contribution >= 4 is 29.7 Å². The van der Waals surface area contributed by atoms with E-state index in [1.165, 1.54) is 24.4 Å². The van der Waals surface area contributed by atoms with Crippen LogP contribution in [0.1, 0.15) is 15.9 Å². The molecule has 0 aliphatic heterocycles. The highest BCUT2D eigenvalue weighted by Crippen LogP contribution is 2.21. The Labute approximate surface area is 142 Å². The van der Waals surface area contributed by atoms with Gasteiger partial charge in [0, 0.05) is 10.6 Å². The molecule has 0 heterocycles. The lowest BCUT2D eigenvalue weighted by atomic mass is 10.2. The molecule has 0 aromatic heterocycles. The molecule has 7 nitrogen and oxygen atoms in total. The van der Waals surface area contributed by atoms with Gasteiger partial charge in [0.15, 0.2) is 6.61 Å². The summed E-state index contributed by atoms with van der Waals surface area (Å²) < 4.78 is 5.11. The first kappa shape index (κ1) is 17.3. The van der Waals surface area contributed by atoms with Crippen molar-refractivity contribution in [2.45, 2.75) is 0 Å². The van der Waals surface area contributed by atoms with Gasteiger partial charge in [0.25, 0.3) is 5.91 Å². The molecule has 124 valence electrons. The van der Waals surface area contributed by atoms with Crippen molar-refractivity contribution in [3.8, 4) is 11.5 Å². The van der Waals surface area contributed by atoms with Crippen LogP contribution in [0.4, 0.5) is 0 Å². The average molecular weight is 349 g/mol. The van der Waals surface area contributed by atoms with Crippen molar-refractivity contribution in [1.29, 1.82) is 0 Å². The van der Waals surface area contributed by atoms with Gasteiger partial charge in [-0.15, -0.1) is 0 Å². The third-order valence-electron chi connectivity index (χ3n) is 2.84. The second-order valence-corrected chi connectivity index (χ2v) is 5.02. The van der Waals surface area contributed by atoms with Crippen molar-refractivity contribution in [3.05, 3.63) is 58.6 Å². The van der Waals surface area contributed by atoms with Crippen LogP contribution in [0.15, 0.2) is 47.6 Å². The van der Waals surface area contributed by atoms with Gasteiger partial charge in [-0.3, -0.25) is 4.79 Å². The zero-order chi connectivity index (χ0) is 17.5. The van der Waals surface area contributed by atoms with Crippen molar-refractivity contribution in [1.82, 2.24) is 5.43 Å². The number of carbonyl (C=O) groups excluding carboxylic acids is 1. The molecule has 0 fully saturated rings. The number of nitrogens with one attached hydrogen (secondary N) is 1. The number of nitrogens with zero attached hydrogens (tertiary/aromatic N) is 1. The third-order valence-corrected chi connectivity index (χ3v) is 3.08. The lowest BCUT2D eigenvalue weighted by molar-refractivity contribution is -0.139. The van der Waals surface area contributed by atoms with Gasteiger partial charge >= 0.3 is 5.97 Å². The Balaban J connectivity index is 2.07. The van der Waals surface area contributed by atoms with E-state index >= 15 is 0 Å². The van der Waals surface area contributed by atoms with E-state index in [2.05, 4.69) is 10.5 Å². The molecule has 2 rings (SSSR count). The number of amides is 1. The van der Waals surface area contributed by atoms with Gasteiger partial charge in [0.1, 0.15) is 11.5 Å². The number of rotatable bonds is 6. The zero-order valence-corrected chi connectivity index (χ0v) is 13.0. The van der Waals surface area contributed by atoms with Crippen LogP contribution in [-0.4, -0.2) is 34.9 Å². The molecule has 8 heteroatoms. The van der Waals surface area contributed by atoms with E-state index in [1.54, 1.807) is 24.3 Å². The zero-order valence-electron chi connectivity index (χ0n) is 12.3. The molecule has 0 unspecified atom stereocenters. The van der Waals surface area contributed by atoms with Crippen LogP contribution in [0.5, 0.6) is 11.5 Å². The molecule has 0 atom stereocenters. The number of hydrogen-bond donors (Lipinski definition) is 3. The number of carboxylic acid groups (broad SMARTS) is 1. The van der Waals surface area contributed by atoms with E-state index in [-0.39, 0.29) is 11.3 Å². The minimum Gasteiger partial charge on any atom is -0.507 e. The van der Waals surface area contributed by atoms with E-state index in [4.69, 9.17) is 21.4 Å². The summed E-state index contributed by atoms with van der Waals surface area (Å²) in [4.78, 5) is 22.5. The molecule has 0 saturated heterocycles. The van der Waals surface area contributed by atoms with Crippen molar-refractivity contribution in [3.63, 3.8) is 0 Å². The first-order valence-electron chi connectivity index (χ1n) is 6.73. The highest BCUT2D eigenvalue weighted by molar-refractivity contribution is 6.31. The lowest BCUT2D eigenvalue weighted by Crippen LogP contribution is -2.18. The molecule has 1 amide bonds. The minimum atomic E-state index is -1.11. The number of carboxylic acids is 1. The van der Waals surface area contributed by atoms with Gasteiger partial charge in [-0.1, -0.05) is 23.7 Å². The van der Waals surface area contributed by atoms with E-state index in [0.29, 0.717) is 16.3 Å². The maximum atomic E-state index is 12.0. The maximum absolute atomic E-state index is 12.0. The van der Waals surface area contributed by atoms with Crippen molar-refractivity contribution < 1.29 is 24.5 Å². The Morgan fingerprint density at radius 2 is 2.00 bits per heavy atom. The fourth-order valence-electron chi connectivity index (χ4n) is 1.77. The number of benzene rings is 2. The Morgan fingerprint density at radius 3 is 2.75 bits per heavy atom. The fourth-order valence-corrected chi connectivity index (χ4v) is 1.94. The first-order chi connectivity index (χ1) is 11.5. The molecule has 2 aromatic rings. The minimum absolute atomic E-state index is 0.0185. The Hall–Kier alpha value is -3.06. The molecule has 0 saturated carbocycles. The summed E-state index contributed by atoms with van der Waals surface area (Å²) in [5.41, 5.74) is 2.71. The topological polar surface area (TPSA) is 108 Å². The molecule has 2 aromatic carbocycles. The molecule has 0 spiro atoms. The largest absolute Gasteiger partial charge is 0.507 e. The summed E-state index contributed by atoms with van der Waals surface area (Å²) >= 11 is 5.78. The number of phenolic OH excluding ortho intramolecular Hbond substituents is 1. The summed E-state index contributed by atoms with van der Waals surface area (Å²) in [5, 5.41) is 22.4. The average Bonchev–Trinajstić information content (AvgIpc) is 2.56. The smallest absolute Gasteiger partial charge is 0.341 e. The standard InChI is InChI=1S/C16H13ClN2O5/c17-11-5-6-13(20)12(7-11)16(23)19-18-8-10-3-1-2-4-14(10)24-9-15(21)22/h1-8,20H,9H2,(H,19,23)(H,21,22). The molecule has 0 radical (unpaired) electrons. The predicted molar refractivity (Wildman–Crippen MR) is 87.7 cm³/mol. The van der Waals surface area contributed by atoms with Gasteiger partial charge in [0.2, 0.25) is 0 Å². The van der Waals surface area contributed by atoms with Crippen molar-refractivity contribution in [2.75, 3.05) is 6.61 Å². The number of aliphatic carboxylic acids is 1. The SMILES string of the molecule is O=C(O)COc1ccccc1C=NNC(=O)c1cc(Cl)ccc1O. The van der Waals surface area contributed by atoms with Crippen LogP contribution in [0, 0.1) is 0 Å². The Kier molecular flexibility index (Phi) is 5.75. The molecular formula is C16H13ClN2O5. The summed E-state index contributed by atoms with van der Waals surface area (Å²) in [6, 6.07) is 10.7. The van der Waals surface area contributed by atoms with Crippen LogP contribution in [0.2, 0.25) is 5.02 Å². The van der Waals surface area contributed by atoms with E-state index in [1.807, 2.05) is 0 Å².